The van der Waals surface area contributed by atoms with Gasteiger partial charge in [0.05, 0.1) is 6.21 Å². The number of aryl methyl sites for hydroxylation is 1. The Kier molecular flexibility index (Phi) is 3.09. The number of aromatic amines is 1. The summed E-state index contributed by atoms with van der Waals surface area (Å²) in [6.07, 6.45) is 7.99. The fraction of sp³-hybridized carbons (Fsp3) is 0.381. The highest BCUT2D eigenvalue weighted by Crippen LogP contribution is 2.58. The highest BCUT2D eigenvalue weighted by molar-refractivity contribution is 6.04. The van der Waals surface area contributed by atoms with E-state index in [2.05, 4.69) is 41.1 Å². The summed E-state index contributed by atoms with van der Waals surface area (Å²) in [6.45, 7) is 6.70. The van der Waals surface area contributed by atoms with Crippen molar-refractivity contribution in [2.75, 3.05) is 0 Å². The molecule has 2 heterocycles. The summed E-state index contributed by atoms with van der Waals surface area (Å²) in [5, 5.41) is 5.41. The van der Waals surface area contributed by atoms with E-state index in [0.717, 1.165) is 28.8 Å². The van der Waals surface area contributed by atoms with Gasteiger partial charge in [-0.15, -0.1) is 0 Å². The summed E-state index contributed by atoms with van der Waals surface area (Å²) < 4.78 is 1.34. The normalized spacial score (nSPS) is 24.2. The van der Waals surface area contributed by atoms with Crippen molar-refractivity contribution in [3.63, 3.8) is 0 Å². The molecule has 5 heteroatoms. The molecule has 2 aromatic heterocycles. The van der Waals surface area contributed by atoms with Crippen LogP contribution in [-0.2, 0) is 0 Å². The zero-order valence-corrected chi connectivity index (χ0v) is 15.3. The summed E-state index contributed by atoms with van der Waals surface area (Å²) >= 11 is 0. The van der Waals surface area contributed by atoms with Crippen molar-refractivity contribution in [2.45, 2.75) is 33.6 Å². The zero-order valence-electron chi connectivity index (χ0n) is 15.3. The lowest BCUT2D eigenvalue weighted by Gasteiger charge is -2.55. The number of rotatable bonds is 2. The second kappa shape index (κ2) is 5.16. The molecular formula is C21H22N4O. The van der Waals surface area contributed by atoms with Gasteiger partial charge in [-0.05, 0) is 54.7 Å². The van der Waals surface area contributed by atoms with Crippen LogP contribution in [0, 0.1) is 24.2 Å². The van der Waals surface area contributed by atoms with Crippen LogP contribution in [0.1, 0.15) is 32.3 Å². The summed E-state index contributed by atoms with van der Waals surface area (Å²) in [5.74, 6) is 1.34. The van der Waals surface area contributed by atoms with E-state index in [9.17, 15) is 4.79 Å². The molecule has 0 aliphatic heterocycles. The van der Waals surface area contributed by atoms with Crippen molar-refractivity contribution in [1.29, 1.82) is 0 Å². The van der Waals surface area contributed by atoms with Crippen LogP contribution in [0.2, 0.25) is 0 Å². The average molecular weight is 346 g/mol. The Hall–Kier alpha value is -2.69. The minimum absolute atomic E-state index is 0.165. The van der Waals surface area contributed by atoms with E-state index in [0.29, 0.717) is 22.4 Å². The van der Waals surface area contributed by atoms with Gasteiger partial charge in [-0.1, -0.05) is 31.6 Å². The van der Waals surface area contributed by atoms with Crippen LogP contribution in [0.15, 0.2) is 46.1 Å². The molecule has 5 nitrogen and oxygen atoms in total. The Balaban J connectivity index is 1.56. The average Bonchev–Trinajstić information content (AvgIpc) is 3.00. The Bertz CT molecular complexity index is 1160. The number of hydrogen-bond donors (Lipinski definition) is 1. The lowest BCUT2D eigenvalue weighted by Crippen LogP contribution is -2.48. The maximum Gasteiger partial charge on any atom is 0.298 e. The van der Waals surface area contributed by atoms with Crippen molar-refractivity contribution >= 4 is 28.2 Å². The van der Waals surface area contributed by atoms with Crippen molar-refractivity contribution in [2.24, 2.45) is 22.4 Å². The predicted molar refractivity (Wildman–Crippen MR) is 105 cm³/mol. The van der Waals surface area contributed by atoms with Gasteiger partial charge in [0.1, 0.15) is 17.4 Å². The Labute approximate surface area is 151 Å². The smallest absolute Gasteiger partial charge is 0.298 e. The van der Waals surface area contributed by atoms with E-state index in [4.69, 9.17) is 0 Å². The first-order chi connectivity index (χ1) is 12.4. The molecule has 0 radical (unpaired) electrons. The van der Waals surface area contributed by atoms with Gasteiger partial charge >= 0.3 is 0 Å². The first-order valence-corrected chi connectivity index (χ1v) is 9.19. The van der Waals surface area contributed by atoms with Gasteiger partial charge in [0.25, 0.3) is 5.56 Å². The fourth-order valence-electron chi connectivity index (χ4n) is 4.62. The van der Waals surface area contributed by atoms with Crippen molar-refractivity contribution in [1.82, 2.24) is 14.6 Å². The zero-order chi connectivity index (χ0) is 18.1. The van der Waals surface area contributed by atoms with E-state index >= 15 is 0 Å². The first kappa shape index (κ1) is 15.6. The standard InChI is InChI=1S/C21H22N4O/c1-12-4-7-17-15(8-12)18-19(24-17)20(26)25(11-22-18)23-10-13-5-6-14-9-16(13)21(14,2)3/h4-5,7-8,10-11,14,16,24H,6,9H2,1-3H3/b23-10-/t14-,16+/m1/s1. The van der Waals surface area contributed by atoms with Crippen LogP contribution < -0.4 is 5.56 Å². The summed E-state index contributed by atoms with van der Waals surface area (Å²) in [6, 6.07) is 6.06. The molecule has 132 valence electrons. The van der Waals surface area contributed by atoms with Gasteiger partial charge in [-0.3, -0.25) is 4.79 Å². The monoisotopic (exact) mass is 346 g/mol. The summed E-state index contributed by atoms with van der Waals surface area (Å²) in [7, 11) is 0. The Morgan fingerprint density at radius 3 is 3.00 bits per heavy atom. The van der Waals surface area contributed by atoms with Gasteiger partial charge < -0.3 is 4.98 Å². The van der Waals surface area contributed by atoms with Gasteiger partial charge in [-0.25, -0.2) is 4.98 Å². The topological polar surface area (TPSA) is 63.0 Å². The van der Waals surface area contributed by atoms with Gasteiger partial charge in [-0.2, -0.15) is 9.78 Å². The number of H-pyrrole nitrogens is 1. The molecule has 1 saturated carbocycles. The lowest BCUT2D eigenvalue weighted by molar-refractivity contribution is -0.00127. The summed E-state index contributed by atoms with van der Waals surface area (Å²) in [4.78, 5) is 20.5. The van der Waals surface area contributed by atoms with Crippen molar-refractivity contribution < 1.29 is 0 Å². The summed E-state index contributed by atoms with van der Waals surface area (Å²) in [5.41, 5.74) is 4.71. The van der Waals surface area contributed by atoms with Crippen LogP contribution in [0.25, 0.3) is 21.9 Å². The van der Waals surface area contributed by atoms with Crippen molar-refractivity contribution in [3.8, 4) is 0 Å². The third-order valence-corrected chi connectivity index (χ3v) is 6.49. The van der Waals surface area contributed by atoms with Crippen molar-refractivity contribution in [3.05, 3.63) is 52.1 Å². The van der Waals surface area contributed by atoms with E-state index in [1.54, 1.807) is 0 Å². The number of aromatic nitrogens is 3. The number of allylic oxidation sites excluding steroid dienone is 2. The molecular weight excluding hydrogens is 324 g/mol. The van der Waals surface area contributed by atoms with Crippen LogP contribution in [-0.4, -0.2) is 20.9 Å². The maximum absolute atomic E-state index is 12.8. The SMILES string of the molecule is Cc1ccc2[nH]c3c(=O)n(/N=C\C4=CC[C@@H]5C[C@@H]4C5(C)C)cnc3c2c1. The molecule has 0 spiro atoms. The molecule has 1 N–H and O–H groups in total. The number of hydrogen-bond acceptors (Lipinski definition) is 3. The minimum atomic E-state index is -0.165. The third kappa shape index (κ3) is 2.06. The predicted octanol–water partition coefficient (Wildman–Crippen LogP) is 4.01. The molecule has 26 heavy (non-hydrogen) atoms. The molecule has 1 aromatic carbocycles. The number of fused-ring (bicyclic) bond motifs is 4. The molecule has 2 bridgehead atoms. The molecule has 2 atom stereocenters. The molecule has 0 unspecified atom stereocenters. The van der Waals surface area contributed by atoms with Gasteiger partial charge in [0.15, 0.2) is 0 Å². The van der Waals surface area contributed by atoms with Crippen LogP contribution >= 0.6 is 0 Å². The van der Waals surface area contributed by atoms with Gasteiger partial charge in [0.2, 0.25) is 0 Å². The molecule has 3 aliphatic rings. The fourth-order valence-corrected chi connectivity index (χ4v) is 4.62. The van der Waals surface area contributed by atoms with Gasteiger partial charge in [0, 0.05) is 10.9 Å². The number of benzene rings is 1. The molecule has 0 saturated heterocycles. The van der Waals surface area contributed by atoms with E-state index < -0.39 is 0 Å². The Morgan fingerprint density at radius 1 is 1.38 bits per heavy atom. The molecule has 3 aromatic rings. The molecule has 0 amide bonds. The second-order valence-electron chi connectivity index (χ2n) is 8.28. The minimum Gasteiger partial charge on any atom is -0.349 e. The lowest BCUT2D eigenvalue weighted by atomic mass is 9.49. The molecule has 6 rings (SSSR count). The van der Waals surface area contributed by atoms with Crippen LogP contribution in [0.3, 0.4) is 0 Å². The molecule has 1 fully saturated rings. The number of nitrogens with one attached hydrogen (secondary N) is 1. The molecule has 3 aliphatic carbocycles. The van der Waals surface area contributed by atoms with E-state index in [1.165, 1.54) is 23.0 Å². The number of nitrogens with zero attached hydrogens (tertiary/aromatic N) is 3. The van der Waals surface area contributed by atoms with E-state index in [-0.39, 0.29) is 5.56 Å². The quantitative estimate of drug-likeness (QED) is 0.713. The highest BCUT2D eigenvalue weighted by Gasteiger charge is 2.50. The first-order valence-electron chi connectivity index (χ1n) is 9.19. The third-order valence-electron chi connectivity index (χ3n) is 6.49. The largest absolute Gasteiger partial charge is 0.349 e. The van der Waals surface area contributed by atoms with Crippen LogP contribution in [0.4, 0.5) is 0 Å². The maximum atomic E-state index is 12.8. The van der Waals surface area contributed by atoms with Crippen LogP contribution in [0.5, 0.6) is 0 Å². The highest BCUT2D eigenvalue weighted by atomic mass is 16.1. The van der Waals surface area contributed by atoms with E-state index in [1.807, 2.05) is 25.3 Å². The second-order valence-corrected chi connectivity index (χ2v) is 8.28. The Morgan fingerprint density at radius 2 is 2.23 bits per heavy atom.